The second kappa shape index (κ2) is 7.22. The van der Waals surface area contributed by atoms with Crippen molar-refractivity contribution in [3.8, 4) is 11.1 Å². The number of nitrogens with zero attached hydrogens (tertiary/aromatic N) is 2. The molecule has 2 aromatic carbocycles. The Labute approximate surface area is 169 Å². The van der Waals surface area contributed by atoms with Gasteiger partial charge < -0.3 is 11.1 Å². The van der Waals surface area contributed by atoms with Gasteiger partial charge in [0.1, 0.15) is 5.82 Å². The molecule has 3 N–H and O–H groups in total. The zero-order chi connectivity index (χ0) is 20.8. The van der Waals surface area contributed by atoms with E-state index in [4.69, 9.17) is 16.1 Å². The molecule has 1 atom stereocenters. The van der Waals surface area contributed by atoms with Gasteiger partial charge in [0, 0.05) is 46.3 Å². The minimum atomic E-state index is -2.42. The summed E-state index contributed by atoms with van der Waals surface area (Å²) in [5.74, 6) is 0.834. The fraction of sp³-hybridized carbons (Fsp3) is 0.273. The molecule has 29 heavy (non-hydrogen) atoms. The van der Waals surface area contributed by atoms with Gasteiger partial charge in [0.2, 0.25) is 0 Å². The average molecular weight is 411 g/mol. The quantitative estimate of drug-likeness (QED) is 0.444. The number of benzene rings is 2. The van der Waals surface area contributed by atoms with Crippen LogP contribution in [0.2, 0.25) is 0 Å². The number of hydrogen-bond acceptors (Lipinski definition) is 5. The van der Waals surface area contributed by atoms with E-state index in [2.05, 4.69) is 4.36 Å². The Bertz CT molecular complexity index is 1240. The molecule has 0 radical (unpaired) electrons. The monoisotopic (exact) mass is 410 g/mol. The van der Waals surface area contributed by atoms with Crippen LogP contribution in [0.5, 0.6) is 0 Å². The van der Waals surface area contributed by atoms with Gasteiger partial charge in [0.05, 0.1) is 15.4 Å². The van der Waals surface area contributed by atoms with Gasteiger partial charge >= 0.3 is 0 Å². The summed E-state index contributed by atoms with van der Waals surface area (Å²) in [4.78, 5) is 4.84. The number of nitrogens with one attached hydrogen (secondary N) is 1. The van der Waals surface area contributed by atoms with Crippen molar-refractivity contribution in [2.45, 2.75) is 25.7 Å². The number of nitrogens with two attached hydrogens (primary N) is 1. The molecule has 0 amide bonds. The molecule has 150 valence electrons. The van der Waals surface area contributed by atoms with Gasteiger partial charge in [-0.05, 0) is 48.1 Å². The first-order valence-corrected chi connectivity index (χ1v) is 11.7. The highest BCUT2D eigenvalue weighted by Gasteiger charge is 2.30. The molecule has 1 unspecified atom stereocenters. The molecule has 1 aromatic heterocycles. The van der Waals surface area contributed by atoms with Crippen LogP contribution in [0, 0.1) is 11.2 Å². The molecule has 1 heterocycles. The van der Waals surface area contributed by atoms with Crippen LogP contribution >= 0.6 is 0 Å². The SMILES string of the molecule is CCS(C)(=O)=Nc1nc(C2CC2)c(-c2ccc(F)cc2)c2cc(C=N)c(N)cc12. The lowest BCUT2D eigenvalue weighted by atomic mass is 9.93. The maximum absolute atomic E-state index is 13.5. The summed E-state index contributed by atoms with van der Waals surface area (Å²) in [7, 11) is -2.42. The maximum Gasteiger partial charge on any atom is 0.169 e. The molecule has 7 heteroatoms. The summed E-state index contributed by atoms with van der Waals surface area (Å²) < 4.78 is 30.8. The molecule has 1 aliphatic rings. The van der Waals surface area contributed by atoms with Gasteiger partial charge in [0.25, 0.3) is 0 Å². The largest absolute Gasteiger partial charge is 0.398 e. The van der Waals surface area contributed by atoms with Gasteiger partial charge in [-0.25, -0.2) is 13.6 Å². The lowest BCUT2D eigenvalue weighted by molar-refractivity contribution is 0.628. The lowest BCUT2D eigenvalue weighted by Crippen LogP contribution is -2.02. The van der Waals surface area contributed by atoms with E-state index >= 15 is 0 Å². The molecule has 1 fully saturated rings. The van der Waals surface area contributed by atoms with Crippen molar-refractivity contribution >= 4 is 38.2 Å². The van der Waals surface area contributed by atoms with Crippen molar-refractivity contribution in [1.82, 2.24) is 4.98 Å². The molecule has 0 bridgehead atoms. The molecule has 0 aliphatic heterocycles. The van der Waals surface area contributed by atoms with E-state index in [1.807, 2.05) is 13.0 Å². The summed E-state index contributed by atoms with van der Waals surface area (Å²) in [6.45, 7) is 1.84. The van der Waals surface area contributed by atoms with Gasteiger partial charge in [-0.2, -0.15) is 4.36 Å². The van der Waals surface area contributed by atoms with Crippen molar-refractivity contribution in [2.24, 2.45) is 4.36 Å². The Morgan fingerprint density at radius 2 is 1.97 bits per heavy atom. The Balaban J connectivity index is 2.15. The van der Waals surface area contributed by atoms with Crippen molar-refractivity contribution < 1.29 is 8.60 Å². The van der Waals surface area contributed by atoms with E-state index in [1.165, 1.54) is 18.3 Å². The normalized spacial score (nSPS) is 15.8. The van der Waals surface area contributed by atoms with Crippen LogP contribution in [-0.2, 0) is 9.73 Å². The average Bonchev–Trinajstić information content (AvgIpc) is 3.53. The van der Waals surface area contributed by atoms with Crippen molar-refractivity contribution in [3.05, 3.63) is 53.5 Å². The fourth-order valence-electron chi connectivity index (χ4n) is 3.41. The molecule has 5 nitrogen and oxygen atoms in total. The summed E-state index contributed by atoms with van der Waals surface area (Å²) in [5, 5.41) is 9.24. The highest BCUT2D eigenvalue weighted by Crippen LogP contribution is 2.48. The molecular formula is C22H23FN4OS. The minimum absolute atomic E-state index is 0.295. The Hall–Kier alpha value is -2.80. The number of aromatic nitrogens is 1. The number of fused-ring (bicyclic) bond motifs is 1. The van der Waals surface area contributed by atoms with Crippen LogP contribution in [0.15, 0.2) is 40.8 Å². The Morgan fingerprint density at radius 1 is 1.28 bits per heavy atom. The first-order valence-electron chi connectivity index (χ1n) is 9.56. The first-order chi connectivity index (χ1) is 13.8. The molecule has 0 spiro atoms. The highest BCUT2D eigenvalue weighted by molar-refractivity contribution is 7.93. The van der Waals surface area contributed by atoms with Crippen molar-refractivity contribution in [3.63, 3.8) is 0 Å². The van der Waals surface area contributed by atoms with E-state index in [-0.39, 0.29) is 5.82 Å². The van der Waals surface area contributed by atoms with Crippen molar-refractivity contribution in [1.29, 1.82) is 5.41 Å². The minimum Gasteiger partial charge on any atom is -0.398 e. The predicted molar refractivity (Wildman–Crippen MR) is 118 cm³/mol. The number of pyridine rings is 1. The van der Waals surface area contributed by atoms with E-state index in [0.717, 1.165) is 35.0 Å². The third-order valence-corrected chi connectivity index (χ3v) is 6.91. The van der Waals surface area contributed by atoms with Crippen LogP contribution in [0.1, 0.15) is 36.9 Å². The van der Waals surface area contributed by atoms with Crippen LogP contribution in [-0.4, -0.2) is 27.4 Å². The molecule has 3 aromatic rings. The topological polar surface area (TPSA) is 92.2 Å². The van der Waals surface area contributed by atoms with E-state index in [1.54, 1.807) is 24.5 Å². The number of hydrogen-bond donors (Lipinski definition) is 2. The predicted octanol–water partition coefficient (Wildman–Crippen LogP) is 5.25. The summed E-state index contributed by atoms with van der Waals surface area (Å²) in [5.41, 5.74) is 9.81. The molecule has 1 aliphatic carbocycles. The standard InChI is InChI=1S/C22H23FN4OS/c1-3-29(2,28)27-22-18-11-19(25)15(12-24)10-17(18)20(21(26-22)14-4-5-14)13-6-8-16(23)9-7-13/h6-12,14,24H,3-5,25H2,1-2H3. The number of rotatable bonds is 5. The van der Waals surface area contributed by atoms with Gasteiger partial charge in [-0.1, -0.05) is 19.1 Å². The Kier molecular flexibility index (Phi) is 4.86. The Morgan fingerprint density at radius 3 is 2.55 bits per heavy atom. The van der Waals surface area contributed by atoms with Gasteiger partial charge in [0.15, 0.2) is 5.82 Å². The summed E-state index contributed by atoms with van der Waals surface area (Å²) in [6, 6.07) is 9.94. The second-order valence-corrected chi connectivity index (χ2v) is 10.2. The maximum atomic E-state index is 13.5. The zero-order valence-electron chi connectivity index (χ0n) is 16.4. The molecule has 4 rings (SSSR count). The van der Waals surface area contributed by atoms with Crippen LogP contribution in [0.4, 0.5) is 15.9 Å². The third kappa shape index (κ3) is 3.74. The molecule has 0 saturated heterocycles. The summed E-state index contributed by atoms with van der Waals surface area (Å²) >= 11 is 0. The lowest BCUT2D eigenvalue weighted by Gasteiger charge is -2.16. The molecule has 1 saturated carbocycles. The smallest absolute Gasteiger partial charge is 0.169 e. The van der Waals surface area contributed by atoms with Crippen LogP contribution in [0.25, 0.3) is 21.9 Å². The number of nitrogen functional groups attached to an aromatic ring is 1. The van der Waals surface area contributed by atoms with E-state index in [0.29, 0.717) is 34.1 Å². The van der Waals surface area contributed by atoms with E-state index < -0.39 is 9.73 Å². The first kappa shape index (κ1) is 19.5. The van der Waals surface area contributed by atoms with E-state index in [9.17, 15) is 8.60 Å². The zero-order valence-corrected chi connectivity index (χ0v) is 17.2. The second-order valence-electron chi connectivity index (χ2n) is 7.49. The highest BCUT2D eigenvalue weighted by atomic mass is 32.2. The number of halogens is 1. The van der Waals surface area contributed by atoms with Gasteiger partial charge in [-0.15, -0.1) is 0 Å². The molecular weight excluding hydrogens is 387 g/mol. The van der Waals surface area contributed by atoms with Crippen molar-refractivity contribution in [2.75, 3.05) is 17.7 Å². The fourth-order valence-corrected chi connectivity index (χ4v) is 4.04. The number of anilines is 1. The van der Waals surface area contributed by atoms with Crippen LogP contribution < -0.4 is 5.73 Å². The van der Waals surface area contributed by atoms with Crippen LogP contribution in [0.3, 0.4) is 0 Å². The van der Waals surface area contributed by atoms with Gasteiger partial charge in [-0.3, -0.25) is 0 Å². The third-order valence-electron chi connectivity index (χ3n) is 5.28. The summed E-state index contributed by atoms with van der Waals surface area (Å²) in [6.07, 6.45) is 4.88.